The molecule has 1 fully saturated rings. The Labute approximate surface area is 133 Å². The lowest BCUT2D eigenvalue weighted by Crippen LogP contribution is -2.52. The van der Waals surface area contributed by atoms with Gasteiger partial charge in [0.2, 0.25) is 0 Å². The highest BCUT2D eigenvalue weighted by molar-refractivity contribution is 7.15. The van der Waals surface area contributed by atoms with Crippen molar-refractivity contribution in [1.29, 1.82) is 0 Å². The molecule has 0 aliphatic carbocycles. The molecule has 0 bridgehead atoms. The van der Waals surface area contributed by atoms with Gasteiger partial charge < -0.3 is 15.2 Å². The van der Waals surface area contributed by atoms with E-state index in [1.54, 1.807) is 11.3 Å². The Hall–Kier alpha value is -0.910. The lowest BCUT2D eigenvalue weighted by molar-refractivity contribution is -0.134. The van der Waals surface area contributed by atoms with Gasteiger partial charge in [-0.3, -0.25) is 0 Å². The van der Waals surface area contributed by atoms with Crippen LogP contribution < -0.4 is 5.32 Å². The van der Waals surface area contributed by atoms with E-state index in [4.69, 9.17) is 16.3 Å². The van der Waals surface area contributed by atoms with E-state index in [0.717, 1.165) is 23.7 Å². The molecule has 2 aromatic rings. The van der Waals surface area contributed by atoms with Crippen LogP contribution in [0.3, 0.4) is 0 Å². The quantitative estimate of drug-likeness (QED) is 0.858. The molecular formula is C16H18ClNO2S. The fourth-order valence-corrected chi connectivity index (χ4v) is 3.52. The Bertz CT molecular complexity index is 604. The van der Waals surface area contributed by atoms with Crippen LogP contribution in [0.1, 0.15) is 4.88 Å². The summed E-state index contributed by atoms with van der Waals surface area (Å²) in [6.45, 7) is 3.07. The SMILES string of the molecule is OCC1(CNCc2ccc(-c3cccc(Cl)c3)s2)COC1. The summed E-state index contributed by atoms with van der Waals surface area (Å²) >= 11 is 7.79. The van der Waals surface area contributed by atoms with E-state index >= 15 is 0 Å². The predicted octanol–water partition coefficient (Wildman–Crippen LogP) is 3.17. The molecule has 0 unspecified atom stereocenters. The zero-order valence-electron chi connectivity index (χ0n) is 11.6. The molecule has 21 heavy (non-hydrogen) atoms. The summed E-state index contributed by atoms with van der Waals surface area (Å²) in [6, 6.07) is 12.2. The van der Waals surface area contributed by atoms with Crippen LogP contribution in [0, 0.1) is 5.41 Å². The van der Waals surface area contributed by atoms with E-state index in [2.05, 4.69) is 23.5 Å². The second-order valence-electron chi connectivity index (χ2n) is 5.53. The fourth-order valence-electron chi connectivity index (χ4n) is 2.36. The lowest BCUT2D eigenvalue weighted by Gasteiger charge is -2.39. The number of aliphatic hydroxyl groups excluding tert-OH is 1. The molecule has 1 aromatic heterocycles. The molecule has 1 aliphatic rings. The Morgan fingerprint density at radius 3 is 2.81 bits per heavy atom. The fraction of sp³-hybridized carbons (Fsp3) is 0.375. The zero-order valence-corrected chi connectivity index (χ0v) is 13.2. The molecule has 3 nitrogen and oxygen atoms in total. The van der Waals surface area contributed by atoms with Crippen LogP contribution in [-0.4, -0.2) is 31.5 Å². The topological polar surface area (TPSA) is 41.5 Å². The monoisotopic (exact) mass is 323 g/mol. The average Bonchev–Trinajstić information content (AvgIpc) is 2.91. The van der Waals surface area contributed by atoms with Crippen molar-refractivity contribution in [2.45, 2.75) is 6.54 Å². The number of thiophene rings is 1. The highest BCUT2D eigenvalue weighted by Crippen LogP contribution is 2.30. The maximum atomic E-state index is 9.38. The second kappa shape index (κ2) is 6.46. The van der Waals surface area contributed by atoms with Crippen molar-refractivity contribution < 1.29 is 9.84 Å². The van der Waals surface area contributed by atoms with E-state index in [9.17, 15) is 5.11 Å². The average molecular weight is 324 g/mol. The summed E-state index contributed by atoms with van der Waals surface area (Å²) < 4.78 is 5.20. The van der Waals surface area contributed by atoms with Gasteiger partial charge in [-0.1, -0.05) is 23.7 Å². The van der Waals surface area contributed by atoms with E-state index in [0.29, 0.717) is 13.2 Å². The van der Waals surface area contributed by atoms with Gasteiger partial charge in [0.1, 0.15) is 0 Å². The van der Waals surface area contributed by atoms with Crippen molar-refractivity contribution in [3.05, 3.63) is 46.3 Å². The van der Waals surface area contributed by atoms with Gasteiger partial charge in [0, 0.05) is 27.9 Å². The molecule has 2 heterocycles. The molecule has 112 valence electrons. The van der Waals surface area contributed by atoms with Gasteiger partial charge in [0.05, 0.1) is 25.2 Å². The Morgan fingerprint density at radius 2 is 2.14 bits per heavy atom. The lowest BCUT2D eigenvalue weighted by atomic mass is 9.87. The van der Waals surface area contributed by atoms with Crippen LogP contribution in [0.5, 0.6) is 0 Å². The van der Waals surface area contributed by atoms with Gasteiger partial charge in [-0.2, -0.15) is 0 Å². The third-order valence-electron chi connectivity index (χ3n) is 3.72. The Balaban J connectivity index is 1.58. The minimum absolute atomic E-state index is 0.0763. The van der Waals surface area contributed by atoms with Gasteiger partial charge in [0.15, 0.2) is 0 Å². The molecule has 1 saturated heterocycles. The van der Waals surface area contributed by atoms with E-state index in [-0.39, 0.29) is 12.0 Å². The summed E-state index contributed by atoms with van der Waals surface area (Å²) in [4.78, 5) is 2.50. The highest BCUT2D eigenvalue weighted by Gasteiger charge is 2.37. The number of hydrogen-bond acceptors (Lipinski definition) is 4. The minimum Gasteiger partial charge on any atom is -0.396 e. The molecule has 2 N–H and O–H groups in total. The zero-order chi connectivity index (χ0) is 14.7. The second-order valence-corrected chi connectivity index (χ2v) is 7.14. The number of benzene rings is 1. The summed E-state index contributed by atoms with van der Waals surface area (Å²) in [7, 11) is 0. The third-order valence-corrected chi connectivity index (χ3v) is 5.09. The van der Waals surface area contributed by atoms with Crippen molar-refractivity contribution >= 4 is 22.9 Å². The van der Waals surface area contributed by atoms with E-state index < -0.39 is 0 Å². The van der Waals surface area contributed by atoms with Gasteiger partial charge in [-0.25, -0.2) is 0 Å². The largest absolute Gasteiger partial charge is 0.396 e. The van der Waals surface area contributed by atoms with Crippen molar-refractivity contribution in [3.63, 3.8) is 0 Å². The number of aliphatic hydroxyl groups is 1. The summed E-state index contributed by atoms with van der Waals surface area (Å²) in [6.07, 6.45) is 0. The van der Waals surface area contributed by atoms with Gasteiger partial charge in [0.25, 0.3) is 0 Å². The molecule has 3 rings (SSSR count). The first-order valence-electron chi connectivity index (χ1n) is 6.95. The minimum atomic E-state index is -0.0763. The summed E-state index contributed by atoms with van der Waals surface area (Å²) in [5.74, 6) is 0. The maximum Gasteiger partial charge on any atom is 0.0579 e. The standard InChI is InChI=1S/C16H18ClNO2S/c17-13-3-1-2-12(6-13)15-5-4-14(21-15)7-18-8-16(9-19)10-20-11-16/h1-6,18-19H,7-11H2. The molecule has 0 spiro atoms. The molecule has 0 saturated carbocycles. The molecule has 5 heteroatoms. The predicted molar refractivity (Wildman–Crippen MR) is 86.8 cm³/mol. The van der Waals surface area contributed by atoms with Gasteiger partial charge >= 0.3 is 0 Å². The third kappa shape index (κ3) is 3.47. The van der Waals surface area contributed by atoms with Crippen molar-refractivity contribution in [2.24, 2.45) is 5.41 Å². The molecular weight excluding hydrogens is 306 g/mol. The summed E-state index contributed by atoms with van der Waals surface area (Å²) in [5, 5.41) is 13.6. The molecule has 0 radical (unpaired) electrons. The van der Waals surface area contributed by atoms with Gasteiger partial charge in [-0.05, 0) is 29.8 Å². The molecule has 0 amide bonds. The van der Waals surface area contributed by atoms with Crippen molar-refractivity contribution in [1.82, 2.24) is 5.32 Å². The van der Waals surface area contributed by atoms with Crippen LogP contribution in [0.25, 0.3) is 10.4 Å². The first kappa shape index (κ1) is 15.0. The molecule has 0 atom stereocenters. The van der Waals surface area contributed by atoms with E-state index in [1.165, 1.54) is 9.75 Å². The van der Waals surface area contributed by atoms with Crippen LogP contribution in [0.4, 0.5) is 0 Å². The number of hydrogen-bond donors (Lipinski definition) is 2. The van der Waals surface area contributed by atoms with Crippen LogP contribution in [-0.2, 0) is 11.3 Å². The van der Waals surface area contributed by atoms with Crippen LogP contribution >= 0.6 is 22.9 Å². The maximum absolute atomic E-state index is 9.38. The smallest absolute Gasteiger partial charge is 0.0579 e. The van der Waals surface area contributed by atoms with Crippen molar-refractivity contribution in [3.8, 4) is 10.4 Å². The van der Waals surface area contributed by atoms with Crippen molar-refractivity contribution in [2.75, 3.05) is 26.4 Å². The first-order valence-corrected chi connectivity index (χ1v) is 8.14. The highest BCUT2D eigenvalue weighted by atomic mass is 35.5. The number of halogens is 1. The molecule has 1 aromatic carbocycles. The Morgan fingerprint density at radius 1 is 1.29 bits per heavy atom. The number of nitrogens with one attached hydrogen (secondary N) is 1. The summed E-state index contributed by atoms with van der Waals surface area (Å²) in [5.41, 5.74) is 1.07. The van der Waals surface area contributed by atoms with Crippen LogP contribution in [0.15, 0.2) is 36.4 Å². The van der Waals surface area contributed by atoms with E-state index in [1.807, 2.05) is 18.2 Å². The Kier molecular flexibility index (Phi) is 4.62. The number of rotatable bonds is 6. The van der Waals surface area contributed by atoms with Crippen LogP contribution in [0.2, 0.25) is 5.02 Å². The first-order chi connectivity index (χ1) is 10.2. The number of ether oxygens (including phenoxy) is 1. The van der Waals surface area contributed by atoms with Gasteiger partial charge in [-0.15, -0.1) is 11.3 Å². The normalized spacial score (nSPS) is 16.7. The molecule has 1 aliphatic heterocycles.